The van der Waals surface area contributed by atoms with Gasteiger partial charge in [-0.05, 0) is 24.3 Å². The first-order chi connectivity index (χ1) is 13.2. The first kappa shape index (κ1) is 18.3. The Morgan fingerprint density at radius 2 is 1.67 bits per heavy atom. The summed E-state index contributed by atoms with van der Waals surface area (Å²) in [6, 6.07) is 16.8. The predicted molar refractivity (Wildman–Crippen MR) is 106 cm³/mol. The number of methoxy groups -OCH3 is 2. The van der Waals surface area contributed by atoms with Gasteiger partial charge in [-0.15, -0.1) is 0 Å². The third kappa shape index (κ3) is 4.55. The Kier molecular flexibility index (Phi) is 5.89. The lowest BCUT2D eigenvalue weighted by molar-refractivity contribution is 0.102. The van der Waals surface area contributed by atoms with E-state index >= 15 is 0 Å². The van der Waals surface area contributed by atoms with Crippen molar-refractivity contribution in [2.24, 2.45) is 0 Å². The van der Waals surface area contributed by atoms with Gasteiger partial charge >= 0.3 is 0 Å². The fourth-order valence-corrected chi connectivity index (χ4v) is 2.65. The van der Waals surface area contributed by atoms with Crippen LogP contribution >= 0.6 is 0 Å². The molecule has 1 heterocycles. The Balaban J connectivity index is 1.70. The number of anilines is 2. The van der Waals surface area contributed by atoms with Crippen molar-refractivity contribution in [1.29, 1.82) is 0 Å². The maximum absolute atomic E-state index is 12.6. The van der Waals surface area contributed by atoms with Crippen molar-refractivity contribution in [1.82, 2.24) is 4.98 Å². The highest BCUT2D eigenvalue weighted by Crippen LogP contribution is 2.24. The van der Waals surface area contributed by atoms with E-state index in [-0.39, 0.29) is 5.91 Å². The summed E-state index contributed by atoms with van der Waals surface area (Å²) in [6.45, 7) is 0.559. The van der Waals surface area contributed by atoms with Crippen LogP contribution in [0.2, 0.25) is 0 Å². The minimum atomic E-state index is -0.257. The quantitative estimate of drug-likeness (QED) is 0.665. The topological polar surface area (TPSA) is 72.5 Å². The van der Waals surface area contributed by atoms with Crippen molar-refractivity contribution >= 4 is 17.3 Å². The molecule has 138 valence electrons. The van der Waals surface area contributed by atoms with Crippen LogP contribution in [-0.2, 0) is 6.54 Å². The zero-order chi connectivity index (χ0) is 19.1. The van der Waals surface area contributed by atoms with E-state index in [0.717, 1.165) is 17.0 Å². The lowest BCUT2D eigenvalue weighted by atomic mass is 10.2. The van der Waals surface area contributed by atoms with Gasteiger partial charge < -0.3 is 20.1 Å². The smallest absolute Gasteiger partial charge is 0.257 e. The fourth-order valence-electron chi connectivity index (χ4n) is 2.65. The van der Waals surface area contributed by atoms with Crippen molar-refractivity contribution in [3.05, 3.63) is 78.1 Å². The summed E-state index contributed by atoms with van der Waals surface area (Å²) in [5.41, 5.74) is 2.82. The van der Waals surface area contributed by atoms with E-state index in [0.29, 0.717) is 23.5 Å². The molecule has 0 atom stereocenters. The molecule has 3 rings (SSSR count). The van der Waals surface area contributed by atoms with Crippen molar-refractivity contribution in [3.63, 3.8) is 0 Å². The Bertz CT molecular complexity index is 928. The molecule has 6 nitrogen and oxygen atoms in total. The van der Waals surface area contributed by atoms with E-state index in [1.54, 1.807) is 38.6 Å². The van der Waals surface area contributed by atoms with Crippen LogP contribution in [0.5, 0.6) is 11.5 Å². The van der Waals surface area contributed by atoms with Crippen LogP contribution in [0.3, 0.4) is 0 Å². The number of carbonyl (C=O) groups excluding carboxylic acids is 1. The molecule has 0 bridgehead atoms. The maximum atomic E-state index is 12.6. The Hall–Kier alpha value is -3.54. The van der Waals surface area contributed by atoms with Crippen LogP contribution < -0.4 is 20.1 Å². The molecule has 0 aliphatic carbocycles. The maximum Gasteiger partial charge on any atom is 0.257 e. The number of hydrogen-bond acceptors (Lipinski definition) is 5. The van der Waals surface area contributed by atoms with E-state index in [1.165, 1.54) is 6.20 Å². The third-order valence-corrected chi connectivity index (χ3v) is 4.03. The van der Waals surface area contributed by atoms with Gasteiger partial charge in [-0.25, -0.2) is 0 Å². The number of nitrogens with zero attached hydrogens (tertiary/aromatic N) is 1. The second-order valence-electron chi connectivity index (χ2n) is 5.78. The lowest BCUT2D eigenvalue weighted by Gasteiger charge is -2.12. The molecule has 0 radical (unpaired) electrons. The van der Waals surface area contributed by atoms with E-state index in [9.17, 15) is 4.79 Å². The molecular weight excluding hydrogens is 342 g/mol. The van der Waals surface area contributed by atoms with Gasteiger partial charge in [0.1, 0.15) is 11.5 Å². The van der Waals surface area contributed by atoms with Crippen molar-refractivity contribution in [2.45, 2.75) is 6.54 Å². The van der Waals surface area contributed by atoms with Crippen LogP contribution in [0.4, 0.5) is 11.4 Å². The summed E-state index contributed by atoms with van der Waals surface area (Å²) >= 11 is 0. The van der Waals surface area contributed by atoms with Crippen molar-refractivity contribution in [2.75, 3.05) is 24.9 Å². The summed E-state index contributed by atoms with van der Waals surface area (Å²) in [7, 11) is 3.21. The number of carbonyl (C=O) groups is 1. The van der Waals surface area contributed by atoms with Crippen molar-refractivity contribution in [3.8, 4) is 11.5 Å². The van der Waals surface area contributed by atoms with Crippen LogP contribution in [0, 0.1) is 0 Å². The molecule has 0 fully saturated rings. The zero-order valence-electron chi connectivity index (χ0n) is 15.2. The molecule has 0 saturated carbocycles. The van der Waals surface area contributed by atoms with Gasteiger partial charge in [0.25, 0.3) is 5.91 Å². The summed E-state index contributed by atoms with van der Waals surface area (Å²) in [6.07, 6.45) is 3.20. The molecule has 0 aliphatic rings. The van der Waals surface area contributed by atoms with Gasteiger partial charge in [-0.1, -0.05) is 30.3 Å². The van der Waals surface area contributed by atoms with E-state index in [1.807, 2.05) is 36.4 Å². The Morgan fingerprint density at radius 3 is 2.44 bits per heavy atom. The molecular formula is C21H21N3O3. The monoisotopic (exact) mass is 363 g/mol. The zero-order valence-corrected chi connectivity index (χ0v) is 15.2. The second-order valence-corrected chi connectivity index (χ2v) is 5.78. The van der Waals surface area contributed by atoms with E-state index in [2.05, 4.69) is 15.6 Å². The Labute approximate surface area is 158 Å². The summed E-state index contributed by atoms with van der Waals surface area (Å²) < 4.78 is 10.6. The molecule has 0 aliphatic heterocycles. The average Bonchev–Trinajstić information content (AvgIpc) is 2.73. The minimum Gasteiger partial charge on any atom is -0.496 e. The number of para-hydroxylation sites is 3. The molecule has 3 aromatic rings. The summed E-state index contributed by atoms with van der Waals surface area (Å²) in [4.78, 5) is 16.7. The second kappa shape index (κ2) is 8.71. The number of pyridine rings is 1. The number of amides is 1. The van der Waals surface area contributed by atoms with Gasteiger partial charge in [0.15, 0.2) is 0 Å². The van der Waals surface area contributed by atoms with Gasteiger partial charge in [-0.3, -0.25) is 9.78 Å². The first-order valence-corrected chi connectivity index (χ1v) is 8.46. The van der Waals surface area contributed by atoms with Crippen LogP contribution in [0.15, 0.2) is 67.0 Å². The predicted octanol–water partition coefficient (Wildman–Crippen LogP) is 3.96. The molecule has 1 aromatic heterocycles. The standard InChI is InChI=1S/C21H21N3O3/c1-26-19-9-5-3-7-15(19)13-23-17-11-16(12-22-14-17)21(25)24-18-8-4-6-10-20(18)27-2/h3-12,14,23H,13H2,1-2H3,(H,24,25). The molecule has 1 amide bonds. The van der Waals surface area contributed by atoms with E-state index in [4.69, 9.17) is 9.47 Å². The molecule has 0 spiro atoms. The largest absolute Gasteiger partial charge is 0.496 e. The molecule has 6 heteroatoms. The summed E-state index contributed by atoms with van der Waals surface area (Å²) in [5.74, 6) is 1.15. The van der Waals surface area contributed by atoms with Gasteiger partial charge in [0.05, 0.1) is 31.2 Å². The van der Waals surface area contributed by atoms with Gasteiger partial charge in [0, 0.05) is 24.5 Å². The van der Waals surface area contributed by atoms with Crippen molar-refractivity contribution < 1.29 is 14.3 Å². The van der Waals surface area contributed by atoms with E-state index < -0.39 is 0 Å². The van der Waals surface area contributed by atoms with Crippen LogP contribution in [0.25, 0.3) is 0 Å². The summed E-state index contributed by atoms with van der Waals surface area (Å²) in [5, 5.41) is 6.12. The highest BCUT2D eigenvalue weighted by atomic mass is 16.5. The minimum absolute atomic E-state index is 0.257. The number of benzene rings is 2. The highest BCUT2D eigenvalue weighted by Gasteiger charge is 2.11. The first-order valence-electron chi connectivity index (χ1n) is 8.46. The van der Waals surface area contributed by atoms with Crippen LogP contribution in [0.1, 0.15) is 15.9 Å². The number of rotatable bonds is 7. The number of ether oxygens (including phenoxy) is 2. The highest BCUT2D eigenvalue weighted by molar-refractivity contribution is 6.05. The molecule has 0 saturated heterocycles. The van der Waals surface area contributed by atoms with Gasteiger partial charge in [-0.2, -0.15) is 0 Å². The van der Waals surface area contributed by atoms with Gasteiger partial charge in [0.2, 0.25) is 0 Å². The molecule has 0 unspecified atom stereocenters. The number of hydrogen-bond donors (Lipinski definition) is 2. The molecule has 27 heavy (non-hydrogen) atoms. The third-order valence-electron chi connectivity index (χ3n) is 4.03. The fraction of sp³-hybridized carbons (Fsp3) is 0.143. The average molecular weight is 363 g/mol. The SMILES string of the molecule is COc1ccccc1CNc1cncc(C(=O)Nc2ccccc2OC)c1. The lowest BCUT2D eigenvalue weighted by Crippen LogP contribution is -2.13. The number of aromatic nitrogens is 1. The number of nitrogens with one attached hydrogen (secondary N) is 2. The van der Waals surface area contributed by atoms with Crippen LogP contribution in [-0.4, -0.2) is 25.1 Å². The normalized spacial score (nSPS) is 10.1. The molecule has 2 aromatic carbocycles. The molecule has 2 N–H and O–H groups in total. The Morgan fingerprint density at radius 1 is 0.963 bits per heavy atom.